The fourth-order valence-electron chi connectivity index (χ4n) is 2.90. The maximum atomic E-state index is 12.5. The molecule has 0 aromatic carbocycles. The number of carbonyl (C=O) groups is 1. The molecule has 5 nitrogen and oxygen atoms in total. The third-order valence-electron chi connectivity index (χ3n) is 4.17. The number of nitrogens with zero attached hydrogens (tertiary/aromatic N) is 1. The zero-order chi connectivity index (χ0) is 15.7. The number of aromatic amines is 1. The second-order valence-corrected chi connectivity index (χ2v) is 5.86. The van der Waals surface area contributed by atoms with Gasteiger partial charge in [0.2, 0.25) is 5.91 Å². The summed E-state index contributed by atoms with van der Waals surface area (Å²) in [7, 11) is 0. The molecule has 1 aromatic heterocycles. The van der Waals surface area contributed by atoms with Crippen LogP contribution in [0, 0.1) is 12.3 Å². The quantitative estimate of drug-likeness (QED) is 0.579. The molecule has 0 aliphatic rings. The minimum atomic E-state index is -0.380. The van der Waals surface area contributed by atoms with Crippen molar-refractivity contribution in [3.63, 3.8) is 0 Å². The number of nitrogens with two attached hydrogens (primary N) is 1. The normalized spacial score (nSPS) is 11.6. The lowest BCUT2D eigenvalue weighted by molar-refractivity contribution is -0.131. The molecule has 1 rings (SSSR count). The molecule has 21 heavy (non-hydrogen) atoms. The van der Waals surface area contributed by atoms with Crippen molar-refractivity contribution in [1.82, 2.24) is 15.5 Å². The topological polar surface area (TPSA) is 83.8 Å². The van der Waals surface area contributed by atoms with Crippen molar-refractivity contribution < 1.29 is 4.79 Å². The molecule has 0 atom stereocenters. The number of amides is 1. The molecule has 120 valence electrons. The molecule has 0 spiro atoms. The van der Waals surface area contributed by atoms with E-state index in [0.717, 1.165) is 44.2 Å². The van der Waals surface area contributed by atoms with E-state index in [2.05, 4.69) is 29.4 Å². The predicted octanol–water partition coefficient (Wildman–Crippen LogP) is 2.31. The molecular weight excluding hydrogens is 264 g/mol. The van der Waals surface area contributed by atoms with Gasteiger partial charge in [-0.3, -0.25) is 9.89 Å². The van der Waals surface area contributed by atoms with E-state index in [1.54, 1.807) is 0 Å². The van der Waals surface area contributed by atoms with E-state index in [9.17, 15) is 4.79 Å². The van der Waals surface area contributed by atoms with Crippen LogP contribution in [0.4, 0.5) is 0 Å². The lowest BCUT2D eigenvalue weighted by Crippen LogP contribution is -2.46. The second-order valence-electron chi connectivity index (χ2n) is 5.86. The summed E-state index contributed by atoms with van der Waals surface area (Å²) in [5.74, 6) is 0.123. The van der Waals surface area contributed by atoms with E-state index in [1.807, 2.05) is 13.1 Å². The molecule has 0 unspecified atom stereocenters. The molecule has 0 radical (unpaired) electrons. The van der Waals surface area contributed by atoms with Crippen molar-refractivity contribution in [2.24, 2.45) is 11.1 Å². The van der Waals surface area contributed by atoms with Gasteiger partial charge in [0.1, 0.15) is 0 Å². The molecule has 0 fully saturated rings. The first kappa shape index (κ1) is 17.7. The Morgan fingerprint density at radius 2 is 2.05 bits per heavy atom. The van der Waals surface area contributed by atoms with Gasteiger partial charge in [0.05, 0.1) is 11.6 Å². The molecule has 1 aromatic rings. The molecule has 4 N–H and O–H groups in total. The first-order valence-electron chi connectivity index (χ1n) is 8.06. The Kier molecular flexibility index (Phi) is 7.43. The van der Waals surface area contributed by atoms with Crippen LogP contribution in [0.3, 0.4) is 0 Å². The number of hydrogen-bond acceptors (Lipinski definition) is 3. The molecule has 0 saturated heterocycles. The summed E-state index contributed by atoms with van der Waals surface area (Å²) in [4.78, 5) is 12.5. The van der Waals surface area contributed by atoms with E-state index in [-0.39, 0.29) is 11.3 Å². The third kappa shape index (κ3) is 4.84. The first-order valence-corrected chi connectivity index (χ1v) is 8.06. The Hall–Kier alpha value is -1.36. The molecule has 0 saturated carbocycles. The van der Waals surface area contributed by atoms with Gasteiger partial charge in [-0.25, -0.2) is 0 Å². The van der Waals surface area contributed by atoms with Crippen LogP contribution in [-0.4, -0.2) is 29.2 Å². The van der Waals surface area contributed by atoms with Crippen molar-refractivity contribution in [1.29, 1.82) is 0 Å². The van der Waals surface area contributed by atoms with Gasteiger partial charge in [-0.05, 0) is 38.2 Å². The van der Waals surface area contributed by atoms with Crippen LogP contribution in [0.5, 0.6) is 0 Å². The van der Waals surface area contributed by atoms with Crippen molar-refractivity contribution in [2.75, 3.05) is 13.1 Å². The fraction of sp³-hybridized carbons (Fsp3) is 0.750. The maximum Gasteiger partial charge on any atom is 0.227 e. The number of carbonyl (C=O) groups excluding carboxylic acids is 1. The highest BCUT2D eigenvalue weighted by molar-refractivity contribution is 5.82. The number of aromatic nitrogens is 2. The van der Waals surface area contributed by atoms with Crippen molar-refractivity contribution in [3.05, 3.63) is 17.5 Å². The second kappa shape index (κ2) is 8.82. The van der Waals surface area contributed by atoms with Gasteiger partial charge in [-0.15, -0.1) is 0 Å². The zero-order valence-corrected chi connectivity index (χ0v) is 13.7. The van der Waals surface area contributed by atoms with E-state index in [4.69, 9.17) is 5.73 Å². The molecule has 0 bridgehead atoms. The molecule has 5 heteroatoms. The van der Waals surface area contributed by atoms with E-state index < -0.39 is 0 Å². The number of H-pyrrole nitrogens is 1. The highest BCUT2D eigenvalue weighted by Crippen LogP contribution is 2.29. The predicted molar refractivity (Wildman–Crippen MR) is 86.0 cm³/mol. The summed E-state index contributed by atoms with van der Waals surface area (Å²) in [5, 5.41) is 10.0. The van der Waals surface area contributed by atoms with E-state index >= 15 is 0 Å². The highest BCUT2D eigenvalue weighted by atomic mass is 16.2. The van der Waals surface area contributed by atoms with Crippen LogP contribution >= 0.6 is 0 Å². The van der Waals surface area contributed by atoms with E-state index in [1.165, 1.54) is 5.56 Å². The average Bonchev–Trinajstić information content (AvgIpc) is 2.88. The maximum absolute atomic E-state index is 12.5. The van der Waals surface area contributed by atoms with Gasteiger partial charge < -0.3 is 11.1 Å². The number of nitrogens with one attached hydrogen (secondary N) is 2. The summed E-state index contributed by atoms with van der Waals surface area (Å²) in [5.41, 5.74) is 7.85. The molecule has 1 heterocycles. The standard InChI is InChI=1S/C16H30N4O/c1-4-8-16(12-17,9-5-2)15(21)18-10-6-7-14-11-19-20-13(14)3/h11H,4-10,12,17H2,1-3H3,(H,18,21)(H,19,20). The Morgan fingerprint density at radius 3 is 2.52 bits per heavy atom. The van der Waals surface area contributed by atoms with Crippen molar-refractivity contribution >= 4 is 5.91 Å². The third-order valence-corrected chi connectivity index (χ3v) is 4.17. The minimum absolute atomic E-state index is 0.123. The van der Waals surface area contributed by atoms with Gasteiger partial charge in [0, 0.05) is 18.8 Å². The molecule has 0 aliphatic heterocycles. The highest BCUT2D eigenvalue weighted by Gasteiger charge is 2.34. The summed E-state index contributed by atoms with van der Waals surface area (Å²) in [6.45, 7) is 7.35. The van der Waals surface area contributed by atoms with Crippen LogP contribution in [0.1, 0.15) is 57.2 Å². The summed E-state index contributed by atoms with van der Waals surface area (Å²) >= 11 is 0. The van der Waals surface area contributed by atoms with Crippen molar-refractivity contribution in [3.8, 4) is 0 Å². The van der Waals surface area contributed by atoms with Gasteiger partial charge in [0.15, 0.2) is 0 Å². The Labute approximate surface area is 128 Å². The monoisotopic (exact) mass is 294 g/mol. The Morgan fingerprint density at radius 1 is 1.38 bits per heavy atom. The lowest BCUT2D eigenvalue weighted by atomic mass is 9.78. The molecular formula is C16H30N4O. The summed E-state index contributed by atoms with van der Waals surface area (Å²) in [6, 6.07) is 0. The van der Waals surface area contributed by atoms with Gasteiger partial charge >= 0.3 is 0 Å². The number of aryl methyl sites for hydroxylation is 2. The van der Waals surface area contributed by atoms with Gasteiger partial charge in [-0.2, -0.15) is 5.10 Å². The number of hydrogen-bond donors (Lipinski definition) is 3. The van der Waals surface area contributed by atoms with Crippen LogP contribution in [0.2, 0.25) is 0 Å². The SMILES string of the molecule is CCCC(CN)(CCC)C(=O)NCCCc1cn[nH]c1C. The lowest BCUT2D eigenvalue weighted by Gasteiger charge is -2.30. The average molecular weight is 294 g/mol. The van der Waals surface area contributed by atoms with Crippen molar-refractivity contribution in [2.45, 2.75) is 59.3 Å². The van der Waals surface area contributed by atoms with Gasteiger partial charge in [-0.1, -0.05) is 26.7 Å². The molecule has 0 aliphatic carbocycles. The Balaban J connectivity index is 2.44. The van der Waals surface area contributed by atoms with Crippen LogP contribution in [0.25, 0.3) is 0 Å². The smallest absolute Gasteiger partial charge is 0.227 e. The summed E-state index contributed by atoms with van der Waals surface area (Å²) < 4.78 is 0. The minimum Gasteiger partial charge on any atom is -0.356 e. The van der Waals surface area contributed by atoms with E-state index in [0.29, 0.717) is 13.1 Å². The van der Waals surface area contributed by atoms with Crippen LogP contribution < -0.4 is 11.1 Å². The van der Waals surface area contributed by atoms with Crippen LogP contribution in [-0.2, 0) is 11.2 Å². The summed E-state index contributed by atoms with van der Waals surface area (Å²) in [6.07, 6.45) is 7.41. The molecule has 1 amide bonds. The van der Waals surface area contributed by atoms with Crippen LogP contribution in [0.15, 0.2) is 6.20 Å². The zero-order valence-electron chi connectivity index (χ0n) is 13.7. The Bertz CT molecular complexity index is 422. The first-order chi connectivity index (χ1) is 10.1. The fourth-order valence-corrected chi connectivity index (χ4v) is 2.90. The van der Waals surface area contributed by atoms with Gasteiger partial charge in [0.25, 0.3) is 0 Å². The number of rotatable bonds is 10. The largest absolute Gasteiger partial charge is 0.356 e.